The minimum atomic E-state index is 0.864. The van der Waals surface area contributed by atoms with Crippen LogP contribution < -0.4 is 0 Å². The molecule has 0 amide bonds. The first-order valence-corrected chi connectivity index (χ1v) is 11.7. The molecule has 6 rings (SSSR count). The van der Waals surface area contributed by atoms with Gasteiger partial charge in [0.1, 0.15) is 0 Å². The quantitative estimate of drug-likeness (QED) is 0.234. The molecule has 4 aromatic carbocycles. The first-order chi connectivity index (χ1) is 16.3. The topological polar surface area (TPSA) is 25.8 Å². The average Bonchev–Trinajstić information content (AvgIpc) is 2.89. The summed E-state index contributed by atoms with van der Waals surface area (Å²) >= 11 is 3.55. The van der Waals surface area contributed by atoms with Crippen LogP contribution in [-0.2, 0) is 0 Å². The summed E-state index contributed by atoms with van der Waals surface area (Å²) in [7, 11) is 0. The molecule has 0 aliphatic rings. The zero-order valence-electron chi connectivity index (χ0n) is 17.7. The lowest BCUT2D eigenvalue weighted by Crippen LogP contribution is -1.94. The monoisotopic (exact) mass is 486 g/mol. The van der Waals surface area contributed by atoms with Crippen molar-refractivity contribution in [1.29, 1.82) is 0 Å². The molecule has 0 bridgehead atoms. The molecule has 0 radical (unpaired) electrons. The van der Waals surface area contributed by atoms with Crippen LogP contribution in [0.2, 0.25) is 0 Å². The number of hydrogen-bond acceptors (Lipinski definition) is 2. The van der Waals surface area contributed by atoms with Gasteiger partial charge in [-0.25, -0.2) is 4.98 Å². The standard InChI is InChI=1S/C30H19BrN2/c31-23-14-12-20(13-15-23)22-18-29(33-30(19-22)28-11-5-6-16-32-28)27-17-21-7-1-2-8-24(21)25-9-3-4-10-26(25)27/h1-19H. The highest BCUT2D eigenvalue weighted by Crippen LogP contribution is 2.37. The van der Waals surface area contributed by atoms with Crippen LogP contribution in [0.25, 0.3) is 55.3 Å². The Labute approximate surface area is 200 Å². The van der Waals surface area contributed by atoms with Gasteiger partial charge in [-0.2, -0.15) is 0 Å². The van der Waals surface area contributed by atoms with Crippen molar-refractivity contribution in [1.82, 2.24) is 9.97 Å². The average molecular weight is 487 g/mol. The van der Waals surface area contributed by atoms with Crippen molar-refractivity contribution in [3.8, 4) is 33.8 Å². The fraction of sp³-hybridized carbons (Fsp3) is 0. The predicted octanol–water partition coefficient (Wildman–Crippen LogP) is 8.55. The molecule has 0 N–H and O–H groups in total. The third-order valence-electron chi connectivity index (χ3n) is 5.97. The first-order valence-electron chi connectivity index (χ1n) is 10.9. The molecule has 0 saturated carbocycles. The summed E-state index contributed by atoms with van der Waals surface area (Å²) in [5.74, 6) is 0. The van der Waals surface area contributed by atoms with Gasteiger partial charge in [0.05, 0.1) is 17.1 Å². The van der Waals surface area contributed by atoms with E-state index in [-0.39, 0.29) is 0 Å². The number of hydrogen-bond donors (Lipinski definition) is 0. The van der Waals surface area contributed by atoms with E-state index in [0.717, 1.165) is 38.2 Å². The van der Waals surface area contributed by atoms with Gasteiger partial charge in [0.15, 0.2) is 0 Å². The van der Waals surface area contributed by atoms with Gasteiger partial charge in [0.25, 0.3) is 0 Å². The van der Waals surface area contributed by atoms with E-state index in [0.29, 0.717) is 0 Å². The zero-order chi connectivity index (χ0) is 22.2. The first kappa shape index (κ1) is 19.8. The number of pyridine rings is 2. The minimum absolute atomic E-state index is 0.864. The largest absolute Gasteiger partial charge is 0.255 e. The maximum Gasteiger partial charge on any atom is 0.0899 e. The number of halogens is 1. The Bertz CT molecular complexity index is 1610. The summed E-state index contributed by atoms with van der Waals surface area (Å²) in [6, 6.07) is 38.0. The van der Waals surface area contributed by atoms with Gasteiger partial charge < -0.3 is 0 Å². The van der Waals surface area contributed by atoms with Crippen LogP contribution in [0.3, 0.4) is 0 Å². The smallest absolute Gasteiger partial charge is 0.0899 e. The molecule has 0 atom stereocenters. The minimum Gasteiger partial charge on any atom is -0.255 e. The summed E-state index contributed by atoms with van der Waals surface area (Å²) < 4.78 is 1.06. The van der Waals surface area contributed by atoms with E-state index in [1.165, 1.54) is 21.5 Å². The molecular weight excluding hydrogens is 468 g/mol. The zero-order valence-corrected chi connectivity index (χ0v) is 19.3. The summed E-state index contributed by atoms with van der Waals surface area (Å²) in [5.41, 5.74) is 6.05. The van der Waals surface area contributed by atoms with Gasteiger partial charge in [-0.15, -0.1) is 0 Å². The van der Waals surface area contributed by atoms with Gasteiger partial charge in [-0.3, -0.25) is 4.98 Å². The Morgan fingerprint density at radius 3 is 2.00 bits per heavy atom. The molecule has 33 heavy (non-hydrogen) atoms. The number of rotatable bonds is 3. The van der Waals surface area contributed by atoms with E-state index in [4.69, 9.17) is 4.98 Å². The third-order valence-corrected chi connectivity index (χ3v) is 6.50. The Morgan fingerprint density at radius 1 is 0.515 bits per heavy atom. The van der Waals surface area contributed by atoms with E-state index in [2.05, 4.69) is 112 Å². The van der Waals surface area contributed by atoms with Crippen LogP contribution in [0.1, 0.15) is 0 Å². The lowest BCUT2D eigenvalue weighted by molar-refractivity contribution is 1.25. The van der Waals surface area contributed by atoms with Crippen LogP contribution in [-0.4, -0.2) is 9.97 Å². The normalized spacial score (nSPS) is 11.2. The Balaban J connectivity index is 1.66. The summed E-state index contributed by atoms with van der Waals surface area (Å²) in [6.07, 6.45) is 1.81. The highest BCUT2D eigenvalue weighted by molar-refractivity contribution is 9.10. The van der Waals surface area contributed by atoms with Crippen LogP contribution >= 0.6 is 15.9 Å². The molecule has 0 unspecified atom stereocenters. The van der Waals surface area contributed by atoms with E-state index in [9.17, 15) is 0 Å². The maximum atomic E-state index is 5.10. The second kappa shape index (κ2) is 8.27. The van der Waals surface area contributed by atoms with Crippen molar-refractivity contribution < 1.29 is 0 Å². The Kier molecular flexibility index (Phi) is 4.97. The van der Waals surface area contributed by atoms with Crippen LogP contribution in [0.5, 0.6) is 0 Å². The van der Waals surface area contributed by atoms with Gasteiger partial charge in [-0.1, -0.05) is 82.7 Å². The fourth-order valence-corrected chi connectivity index (χ4v) is 4.65. The Hall–Kier alpha value is -3.82. The molecule has 0 aliphatic heterocycles. The van der Waals surface area contributed by atoms with Gasteiger partial charge in [0.2, 0.25) is 0 Å². The van der Waals surface area contributed by atoms with Crippen molar-refractivity contribution in [3.63, 3.8) is 0 Å². The van der Waals surface area contributed by atoms with Crippen LogP contribution in [0, 0.1) is 0 Å². The van der Waals surface area contributed by atoms with Crippen molar-refractivity contribution in [2.45, 2.75) is 0 Å². The van der Waals surface area contributed by atoms with E-state index in [1.54, 1.807) is 0 Å². The maximum absolute atomic E-state index is 5.10. The third kappa shape index (κ3) is 3.71. The molecular formula is C30H19BrN2. The predicted molar refractivity (Wildman–Crippen MR) is 141 cm³/mol. The van der Waals surface area contributed by atoms with Crippen molar-refractivity contribution in [3.05, 3.63) is 120 Å². The number of benzene rings is 4. The van der Waals surface area contributed by atoms with Gasteiger partial charge in [-0.05, 0) is 75.1 Å². The summed E-state index contributed by atoms with van der Waals surface area (Å²) in [6.45, 7) is 0. The van der Waals surface area contributed by atoms with E-state index in [1.807, 2.05) is 24.4 Å². The molecule has 0 fully saturated rings. The molecule has 6 aromatic rings. The molecule has 156 valence electrons. The van der Waals surface area contributed by atoms with Crippen LogP contribution in [0.15, 0.2) is 120 Å². The van der Waals surface area contributed by atoms with Gasteiger partial charge >= 0.3 is 0 Å². The molecule has 0 aliphatic carbocycles. The molecule has 2 aromatic heterocycles. The summed E-state index contributed by atoms with van der Waals surface area (Å²) in [4.78, 5) is 9.68. The molecule has 0 spiro atoms. The number of nitrogens with zero attached hydrogens (tertiary/aromatic N) is 2. The number of aromatic nitrogens is 2. The lowest BCUT2D eigenvalue weighted by atomic mass is 9.94. The highest BCUT2D eigenvalue weighted by atomic mass is 79.9. The van der Waals surface area contributed by atoms with Crippen LogP contribution in [0.4, 0.5) is 0 Å². The van der Waals surface area contributed by atoms with Crippen molar-refractivity contribution in [2.24, 2.45) is 0 Å². The SMILES string of the molecule is Brc1ccc(-c2cc(-c3ccccn3)nc(-c3cc4ccccc4c4ccccc34)c2)cc1. The van der Waals surface area contributed by atoms with Crippen molar-refractivity contribution in [2.75, 3.05) is 0 Å². The van der Waals surface area contributed by atoms with E-state index >= 15 is 0 Å². The Morgan fingerprint density at radius 2 is 1.21 bits per heavy atom. The number of fused-ring (bicyclic) bond motifs is 3. The second-order valence-corrected chi connectivity index (χ2v) is 8.95. The van der Waals surface area contributed by atoms with Gasteiger partial charge in [0, 0.05) is 16.2 Å². The molecule has 3 heteroatoms. The summed E-state index contributed by atoms with van der Waals surface area (Å²) in [5, 5.41) is 4.90. The lowest BCUT2D eigenvalue weighted by Gasteiger charge is -2.13. The molecule has 2 heterocycles. The van der Waals surface area contributed by atoms with E-state index < -0.39 is 0 Å². The second-order valence-electron chi connectivity index (χ2n) is 8.04. The fourth-order valence-electron chi connectivity index (χ4n) is 4.39. The highest BCUT2D eigenvalue weighted by Gasteiger charge is 2.13. The van der Waals surface area contributed by atoms with Crippen molar-refractivity contribution >= 4 is 37.5 Å². The molecule has 0 saturated heterocycles. The molecule has 2 nitrogen and oxygen atoms in total.